The fourth-order valence-corrected chi connectivity index (χ4v) is 3.23. The summed E-state index contributed by atoms with van der Waals surface area (Å²) in [5.41, 5.74) is 4.50. The minimum Gasteiger partial charge on any atom is -0.497 e. The molecule has 0 bridgehead atoms. The van der Waals surface area contributed by atoms with Crippen LogP contribution in [0.15, 0.2) is 34.7 Å². The number of ether oxygens (including phenoxy) is 2. The van der Waals surface area contributed by atoms with Crippen molar-refractivity contribution in [3.05, 3.63) is 40.9 Å². The molecule has 0 aliphatic carbocycles. The Bertz CT molecular complexity index is 769. The molecule has 1 aromatic heterocycles. The zero-order valence-electron chi connectivity index (χ0n) is 14.2. The number of nitrogens with one attached hydrogen (secondary N) is 1. The maximum Gasteiger partial charge on any atom is 0.290 e. The molecule has 2 heterocycles. The number of aromatic nitrogens is 1. The van der Waals surface area contributed by atoms with E-state index in [-0.39, 0.29) is 5.91 Å². The van der Waals surface area contributed by atoms with Crippen molar-refractivity contribution in [3.63, 3.8) is 0 Å². The van der Waals surface area contributed by atoms with Crippen LogP contribution in [0, 0.1) is 0 Å². The molecule has 0 unspecified atom stereocenters. The first-order chi connectivity index (χ1) is 12.2. The second-order valence-electron chi connectivity index (χ2n) is 5.48. The van der Waals surface area contributed by atoms with Gasteiger partial charge in [0.15, 0.2) is 5.13 Å². The summed E-state index contributed by atoms with van der Waals surface area (Å²) in [6.45, 7) is 4.79. The zero-order chi connectivity index (χ0) is 17.6. The van der Waals surface area contributed by atoms with Crippen molar-refractivity contribution in [2.45, 2.75) is 6.92 Å². The number of anilines is 1. The van der Waals surface area contributed by atoms with Gasteiger partial charge in [0.2, 0.25) is 0 Å². The summed E-state index contributed by atoms with van der Waals surface area (Å²) in [5, 5.41) is 6.74. The van der Waals surface area contributed by atoms with E-state index in [1.807, 2.05) is 31.2 Å². The van der Waals surface area contributed by atoms with E-state index in [0.29, 0.717) is 24.6 Å². The third kappa shape index (κ3) is 4.34. The van der Waals surface area contributed by atoms with E-state index in [4.69, 9.17) is 9.47 Å². The molecule has 132 valence electrons. The van der Waals surface area contributed by atoms with Gasteiger partial charge >= 0.3 is 0 Å². The Hall–Kier alpha value is -2.45. The molecule has 0 spiro atoms. The Morgan fingerprint density at radius 1 is 1.40 bits per heavy atom. The van der Waals surface area contributed by atoms with Gasteiger partial charge < -0.3 is 14.4 Å². The average Bonchev–Trinajstić information content (AvgIpc) is 3.17. The van der Waals surface area contributed by atoms with E-state index < -0.39 is 0 Å². The van der Waals surface area contributed by atoms with Crippen molar-refractivity contribution in [1.29, 1.82) is 0 Å². The molecule has 0 saturated carbocycles. The van der Waals surface area contributed by atoms with Crippen LogP contribution in [0.1, 0.15) is 23.0 Å². The van der Waals surface area contributed by atoms with Gasteiger partial charge in [0, 0.05) is 24.0 Å². The molecule has 25 heavy (non-hydrogen) atoms. The van der Waals surface area contributed by atoms with E-state index in [0.717, 1.165) is 29.5 Å². The molecule has 1 aliphatic heterocycles. The quantitative estimate of drug-likeness (QED) is 0.653. The molecular weight excluding hydrogens is 340 g/mol. The Balaban J connectivity index is 1.64. The van der Waals surface area contributed by atoms with Gasteiger partial charge in [-0.2, -0.15) is 5.10 Å². The number of hydrogen-bond acceptors (Lipinski definition) is 7. The maximum absolute atomic E-state index is 12.3. The lowest BCUT2D eigenvalue weighted by molar-refractivity contribution is 0.0950. The van der Waals surface area contributed by atoms with Gasteiger partial charge in [-0.15, -0.1) is 11.3 Å². The molecule has 1 amide bonds. The summed E-state index contributed by atoms with van der Waals surface area (Å²) >= 11 is 1.45. The van der Waals surface area contributed by atoms with Crippen molar-refractivity contribution < 1.29 is 14.3 Å². The van der Waals surface area contributed by atoms with Crippen LogP contribution >= 0.6 is 11.3 Å². The highest BCUT2D eigenvalue weighted by Gasteiger charge is 2.17. The van der Waals surface area contributed by atoms with Gasteiger partial charge in [-0.3, -0.25) is 4.79 Å². The first-order valence-corrected chi connectivity index (χ1v) is 8.82. The highest BCUT2D eigenvalue weighted by molar-refractivity contribution is 7.13. The van der Waals surface area contributed by atoms with Crippen LogP contribution in [0.3, 0.4) is 0 Å². The summed E-state index contributed by atoms with van der Waals surface area (Å²) in [7, 11) is 1.61. The van der Waals surface area contributed by atoms with Crippen molar-refractivity contribution >= 4 is 28.1 Å². The molecule has 1 saturated heterocycles. The lowest BCUT2D eigenvalue weighted by Crippen LogP contribution is -2.36. The van der Waals surface area contributed by atoms with Gasteiger partial charge in [-0.05, 0) is 19.1 Å². The highest BCUT2D eigenvalue weighted by atomic mass is 32.1. The first kappa shape index (κ1) is 17.4. The fraction of sp³-hybridized carbons (Fsp3) is 0.353. The zero-order valence-corrected chi connectivity index (χ0v) is 15.0. The van der Waals surface area contributed by atoms with Crippen LogP contribution in [-0.4, -0.2) is 50.0 Å². The number of rotatable bonds is 5. The normalized spacial score (nSPS) is 15.1. The van der Waals surface area contributed by atoms with Crippen molar-refractivity contribution in [2.75, 3.05) is 38.3 Å². The SMILES string of the molecule is COc1cccc(C(C)=NNC(=O)c2csc(N3CCOCC3)n2)c1. The van der Waals surface area contributed by atoms with Crippen LogP contribution in [0.25, 0.3) is 0 Å². The number of benzene rings is 1. The van der Waals surface area contributed by atoms with Crippen molar-refractivity contribution in [1.82, 2.24) is 10.4 Å². The van der Waals surface area contributed by atoms with Crippen LogP contribution in [0.4, 0.5) is 5.13 Å². The number of amides is 1. The average molecular weight is 360 g/mol. The molecule has 0 radical (unpaired) electrons. The van der Waals surface area contributed by atoms with Gasteiger partial charge in [-0.1, -0.05) is 12.1 Å². The van der Waals surface area contributed by atoms with E-state index in [1.165, 1.54) is 11.3 Å². The maximum atomic E-state index is 12.3. The second kappa shape index (κ2) is 8.09. The number of morpholine rings is 1. The number of methoxy groups -OCH3 is 1. The van der Waals surface area contributed by atoms with E-state index >= 15 is 0 Å². The van der Waals surface area contributed by atoms with Crippen LogP contribution < -0.4 is 15.1 Å². The van der Waals surface area contributed by atoms with E-state index in [1.54, 1.807) is 12.5 Å². The minimum absolute atomic E-state index is 0.321. The van der Waals surface area contributed by atoms with E-state index in [9.17, 15) is 4.79 Å². The van der Waals surface area contributed by atoms with Gasteiger partial charge in [0.05, 0.1) is 26.0 Å². The third-order valence-corrected chi connectivity index (χ3v) is 4.72. The molecule has 2 aromatic rings. The summed E-state index contributed by atoms with van der Waals surface area (Å²) < 4.78 is 10.5. The summed E-state index contributed by atoms with van der Waals surface area (Å²) in [6.07, 6.45) is 0. The highest BCUT2D eigenvalue weighted by Crippen LogP contribution is 2.21. The molecule has 3 rings (SSSR count). The van der Waals surface area contributed by atoms with E-state index in [2.05, 4.69) is 20.4 Å². The first-order valence-electron chi connectivity index (χ1n) is 7.94. The standard InChI is InChI=1S/C17H20N4O3S/c1-12(13-4-3-5-14(10-13)23-2)19-20-16(22)15-11-25-17(18-15)21-6-8-24-9-7-21/h3-5,10-11H,6-9H2,1-2H3,(H,20,22). The molecule has 1 N–H and O–H groups in total. The minimum atomic E-state index is -0.321. The van der Waals surface area contributed by atoms with Crippen LogP contribution in [-0.2, 0) is 4.74 Å². The van der Waals surface area contributed by atoms with Crippen LogP contribution in [0.5, 0.6) is 5.75 Å². The van der Waals surface area contributed by atoms with Crippen LogP contribution in [0.2, 0.25) is 0 Å². The summed E-state index contributed by atoms with van der Waals surface area (Å²) in [4.78, 5) is 18.8. The molecule has 0 atom stereocenters. The topological polar surface area (TPSA) is 76.0 Å². The number of thiazole rings is 1. The van der Waals surface area contributed by atoms with Crippen molar-refractivity contribution in [3.8, 4) is 5.75 Å². The summed E-state index contributed by atoms with van der Waals surface area (Å²) in [6, 6.07) is 7.51. The monoisotopic (exact) mass is 360 g/mol. The summed E-state index contributed by atoms with van der Waals surface area (Å²) in [5.74, 6) is 0.422. The number of hydrazone groups is 1. The molecule has 8 heteroatoms. The number of nitrogens with zero attached hydrogens (tertiary/aromatic N) is 3. The third-order valence-electron chi connectivity index (χ3n) is 3.82. The predicted molar refractivity (Wildman–Crippen MR) is 97.8 cm³/mol. The molecular formula is C17H20N4O3S. The predicted octanol–water partition coefficient (Wildman–Crippen LogP) is 2.14. The van der Waals surface area contributed by atoms with Gasteiger partial charge in [0.25, 0.3) is 5.91 Å². The Kier molecular flexibility index (Phi) is 5.62. The lowest BCUT2D eigenvalue weighted by Gasteiger charge is -2.25. The molecule has 1 aromatic carbocycles. The molecule has 1 fully saturated rings. The smallest absolute Gasteiger partial charge is 0.290 e. The lowest BCUT2D eigenvalue weighted by atomic mass is 10.1. The van der Waals surface area contributed by atoms with Gasteiger partial charge in [-0.25, -0.2) is 10.4 Å². The molecule has 7 nitrogen and oxygen atoms in total. The Labute approximate surface area is 150 Å². The Morgan fingerprint density at radius 2 is 2.20 bits per heavy atom. The second-order valence-corrected chi connectivity index (χ2v) is 6.32. The molecule has 1 aliphatic rings. The number of carbonyl (C=O) groups excluding carboxylic acids is 1. The van der Waals surface area contributed by atoms with Gasteiger partial charge in [0.1, 0.15) is 11.4 Å². The number of carbonyl (C=O) groups is 1. The Morgan fingerprint density at radius 3 is 2.96 bits per heavy atom. The fourth-order valence-electron chi connectivity index (χ4n) is 2.37. The van der Waals surface area contributed by atoms with Crippen molar-refractivity contribution in [2.24, 2.45) is 5.10 Å². The number of hydrogen-bond donors (Lipinski definition) is 1. The largest absolute Gasteiger partial charge is 0.497 e.